The summed E-state index contributed by atoms with van der Waals surface area (Å²) in [7, 11) is 0. The fourth-order valence-electron chi connectivity index (χ4n) is 2.69. The SMILES string of the molecule is Cc1nccc(NC(=O)NC2c3ccccc3CC2O)c1Cl. The number of urea groups is 1. The van der Waals surface area contributed by atoms with Crippen LogP contribution >= 0.6 is 11.6 Å². The molecule has 2 unspecified atom stereocenters. The van der Waals surface area contributed by atoms with Crippen LogP contribution in [0.4, 0.5) is 10.5 Å². The zero-order chi connectivity index (χ0) is 15.7. The predicted octanol–water partition coefficient (Wildman–Crippen LogP) is 2.82. The number of nitrogens with one attached hydrogen (secondary N) is 2. The summed E-state index contributed by atoms with van der Waals surface area (Å²) >= 11 is 6.11. The van der Waals surface area contributed by atoms with Gasteiger partial charge in [-0.15, -0.1) is 0 Å². The van der Waals surface area contributed by atoms with Gasteiger partial charge in [0.1, 0.15) is 0 Å². The van der Waals surface area contributed by atoms with Crippen molar-refractivity contribution in [2.45, 2.75) is 25.5 Å². The lowest BCUT2D eigenvalue weighted by Gasteiger charge is -2.18. The minimum Gasteiger partial charge on any atom is -0.390 e. The Morgan fingerprint density at radius 1 is 1.36 bits per heavy atom. The van der Waals surface area contributed by atoms with Crippen molar-refractivity contribution >= 4 is 23.3 Å². The van der Waals surface area contributed by atoms with Gasteiger partial charge in [-0.05, 0) is 24.1 Å². The standard InChI is InChI=1S/C16H16ClN3O2/c1-9-14(17)12(6-7-18-9)19-16(22)20-15-11-5-3-2-4-10(11)8-13(15)21/h2-7,13,15,21H,8H2,1H3,(H2,18,19,20,22). The second kappa shape index (κ2) is 5.94. The number of pyridine rings is 1. The van der Waals surface area contributed by atoms with Crippen LogP contribution in [0, 0.1) is 6.92 Å². The van der Waals surface area contributed by atoms with Crippen LogP contribution in [-0.2, 0) is 6.42 Å². The van der Waals surface area contributed by atoms with Crippen LogP contribution in [0.1, 0.15) is 22.9 Å². The van der Waals surface area contributed by atoms with Gasteiger partial charge in [-0.25, -0.2) is 4.79 Å². The van der Waals surface area contributed by atoms with Gasteiger partial charge in [-0.2, -0.15) is 0 Å². The lowest BCUT2D eigenvalue weighted by molar-refractivity contribution is 0.144. The summed E-state index contributed by atoms with van der Waals surface area (Å²) in [6, 6.07) is 8.50. The molecule has 1 aliphatic carbocycles. The number of aromatic nitrogens is 1. The molecule has 0 bridgehead atoms. The smallest absolute Gasteiger partial charge is 0.319 e. The molecule has 0 fully saturated rings. The largest absolute Gasteiger partial charge is 0.390 e. The monoisotopic (exact) mass is 317 g/mol. The number of nitrogens with zero attached hydrogens (tertiary/aromatic N) is 1. The highest BCUT2D eigenvalue weighted by Gasteiger charge is 2.31. The van der Waals surface area contributed by atoms with Crippen LogP contribution in [0.5, 0.6) is 0 Å². The number of carbonyl (C=O) groups is 1. The van der Waals surface area contributed by atoms with Crippen molar-refractivity contribution in [2.24, 2.45) is 0 Å². The number of amides is 2. The van der Waals surface area contributed by atoms with E-state index in [9.17, 15) is 9.90 Å². The Morgan fingerprint density at radius 2 is 2.14 bits per heavy atom. The number of aliphatic hydroxyl groups is 1. The fraction of sp³-hybridized carbons (Fsp3) is 0.250. The minimum absolute atomic E-state index is 0.407. The van der Waals surface area contributed by atoms with Gasteiger partial charge in [0.2, 0.25) is 0 Å². The molecule has 1 aromatic heterocycles. The lowest BCUT2D eigenvalue weighted by Crippen LogP contribution is -2.36. The van der Waals surface area contributed by atoms with Crippen molar-refractivity contribution in [3.63, 3.8) is 0 Å². The number of aliphatic hydroxyl groups excluding tert-OH is 1. The van der Waals surface area contributed by atoms with Gasteiger partial charge in [0.05, 0.1) is 28.5 Å². The van der Waals surface area contributed by atoms with Crippen molar-refractivity contribution < 1.29 is 9.90 Å². The Balaban J connectivity index is 1.74. The number of benzene rings is 1. The van der Waals surface area contributed by atoms with E-state index in [4.69, 9.17) is 11.6 Å². The molecule has 1 aliphatic rings. The zero-order valence-corrected chi connectivity index (χ0v) is 12.8. The Kier molecular flexibility index (Phi) is 4.00. The Labute approximate surface area is 133 Å². The summed E-state index contributed by atoms with van der Waals surface area (Å²) in [5.41, 5.74) is 3.14. The third-order valence-electron chi connectivity index (χ3n) is 3.80. The highest BCUT2D eigenvalue weighted by molar-refractivity contribution is 6.34. The number of halogens is 1. The van der Waals surface area contributed by atoms with Gasteiger partial charge in [-0.1, -0.05) is 35.9 Å². The average Bonchev–Trinajstić information content (AvgIpc) is 2.80. The first kappa shape index (κ1) is 14.8. The van der Waals surface area contributed by atoms with Crippen LogP contribution in [0.3, 0.4) is 0 Å². The zero-order valence-electron chi connectivity index (χ0n) is 12.0. The second-order valence-electron chi connectivity index (χ2n) is 5.30. The molecule has 0 saturated heterocycles. The average molecular weight is 318 g/mol. The molecule has 2 atom stereocenters. The third-order valence-corrected chi connectivity index (χ3v) is 4.28. The summed E-state index contributed by atoms with van der Waals surface area (Å²) < 4.78 is 0. The topological polar surface area (TPSA) is 74.2 Å². The molecule has 5 nitrogen and oxygen atoms in total. The molecule has 6 heteroatoms. The molecule has 3 N–H and O–H groups in total. The van der Waals surface area contributed by atoms with E-state index in [-0.39, 0.29) is 0 Å². The molecule has 1 heterocycles. The first-order chi connectivity index (χ1) is 10.6. The van der Waals surface area contributed by atoms with Crippen LogP contribution in [0.15, 0.2) is 36.5 Å². The van der Waals surface area contributed by atoms with Gasteiger partial charge in [-0.3, -0.25) is 4.98 Å². The van der Waals surface area contributed by atoms with E-state index in [0.717, 1.165) is 11.1 Å². The van der Waals surface area contributed by atoms with E-state index in [1.807, 2.05) is 24.3 Å². The first-order valence-electron chi connectivity index (χ1n) is 7.00. The number of hydrogen-bond acceptors (Lipinski definition) is 3. The number of hydrogen-bond donors (Lipinski definition) is 3. The summed E-state index contributed by atoms with van der Waals surface area (Å²) in [5, 5.41) is 16.0. The summed E-state index contributed by atoms with van der Waals surface area (Å²) in [6.07, 6.45) is 1.49. The summed E-state index contributed by atoms with van der Waals surface area (Å²) in [6.45, 7) is 1.77. The molecule has 0 saturated carbocycles. The van der Waals surface area contributed by atoms with Crippen molar-refractivity contribution in [1.29, 1.82) is 0 Å². The van der Waals surface area contributed by atoms with Crippen molar-refractivity contribution in [2.75, 3.05) is 5.32 Å². The van der Waals surface area contributed by atoms with Crippen LogP contribution in [0.25, 0.3) is 0 Å². The summed E-state index contributed by atoms with van der Waals surface area (Å²) in [4.78, 5) is 16.2. The van der Waals surface area contributed by atoms with Crippen LogP contribution in [-0.4, -0.2) is 22.2 Å². The Bertz CT molecular complexity index is 720. The van der Waals surface area contributed by atoms with E-state index in [1.165, 1.54) is 0 Å². The molecule has 0 radical (unpaired) electrons. The van der Waals surface area contributed by atoms with Gasteiger partial charge >= 0.3 is 6.03 Å². The molecule has 0 aliphatic heterocycles. The van der Waals surface area contributed by atoms with E-state index in [2.05, 4.69) is 15.6 Å². The van der Waals surface area contributed by atoms with Gasteiger partial charge in [0.25, 0.3) is 0 Å². The van der Waals surface area contributed by atoms with Gasteiger partial charge < -0.3 is 15.7 Å². The normalized spacial score (nSPS) is 19.6. The van der Waals surface area contributed by atoms with E-state index in [0.29, 0.717) is 22.8 Å². The molecule has 2 amide bonds. The first-order valence-corrected chi connectivity index (χ1v) is 7.38. The van der Waals surface area contributed by atoms with E-state index >= 15 is 0 Å². The predicted molar refractivity (Wildman–Crippen MR) is 85.0 cm³/mol. The number of anilines is 1. The number of fused-ring (bicyclic) bond motifs is 1. The maximum atomic E-state index is 12.2. The lowest BCUT2D eigenvalue weighted by atomic mass is 10.1. The molecule has 2 aromatic rings. The highest BCUT2D eigenvalue weighted by atomic mass is 35.5. The minimum atomic E-state index is -0.627. The summed E-state index contributed by atoms with van der Waals surface area (Å²) in [5.74, 6) is 0. The van der Waals surface area contributed by atoms with Crippen molar-refractivity contribution in [3.8, 4) is 0 Å². The molecular weight excluding hydrogens is 302 g/mol. The van der Waals surface area contributed by atoms with E-state index in [1.54, 1.807) is 19.2 Å². The molecule has 3 rings (SSSR count). The third kappa shape index (κ3) is 2.77. The second-order valence-corrected chi connectivity index (χ2v) is 5.68. The number of aryl methyl sites for hydroxylation is 1. The van der Waals surface area contributed by atoms with Gasteiger partial charge in [0.15, 0.2) is 0 Å². The molecule has 1 aromatic carbocycles. The molecule has 0 spiro atoms. The van der Waals surface area contributed by atoms with E-state index < -0.39 is 18.2 Å². The molecule has 22 heavy (non-hydrogen) atoms. The van der Waals surface area contributed by atoms with Crippen molar-refractivity contribution in [1.82, 2.24) is 10.3 Å². The molecule has 114 valence electrons. The number of rotatable bonds is 2. The quantitative estimate of drug-likeness (QED) is 0.797. The Hall–Kier alpha value is -2.11. The Morgan fingerprint density at radius 3 is 2.95 bits per heavy atom. The van der Waals surface area contributed by atoms with Gasteiger partial charge in [0, 0.05) is 12.6 Å². The van der Waals surface area contributed by atoms with Crippen LogP contribution in [0.2, 0.25) is 5.02 Å². The fourth-order valence-corrected chi connectivity index (χ4v) is 2.85. The maximum Gasteiger partial charge on any atom is 0.319 e. The maximum absolute atomic E-state index is 12.2. The molecular formula is C16H16ClN3O2. The van der Waals surface area contributed by atoms with Crippen molar-refractivity contribution in [3.05, 3.63) is 58.4 Å². The van der Waals surface area contributed by atoms with Crippen LogP contribution < -0.4 is 10.6 Å². The highest BCUT2D eigenvalue weighted by Crippen LogP contribution is 2.31. The number of carbonyl (C=O) groups excluding carboxylic acids is 1.